The largest absolute Gasteiger partial charge is 0.374 e. The first-order valence-corrected chi connectivity index (χ1v) is 9.43. The van der Waals surface area contributed by atoms with Crippen LogP contribution < -0.4 is 10.2 Å². The number of hydrogen-bond donors (Lipinski definition) is 1. The Balaban J connectivity index is 1.35. The van der Waals surface area contributed by atoms with Crippen molar-refractivity contribution in [3.05, 3.63) is 47.3 Å². The third-order valence-electron chi connectivity index (χ3n) is 5.56. The zero-order valence-corrected chi connectivity index (χ0v) is 15.2. The van der Waals surface area contributed by atoms with Crippen LogP contribution in [-0.4, -0.2) is 36.5 Å². The van der Waals surface area contributed by atoms with Gasteiger partial charge in [-0.3, -0.25) is 4.68 Å². The van der Waals surface area contributed by atoms with Gasteiger partial charge in [-0.05, 0) is 43.0 Å². The second-order valence-corrected chi connectivity index (χ2v) is 7.18. The molecule has 1 fully saturated rings. The van der Waals surface area contributed by atoms with Gasteiger partial charge in [0.05, 0.1) is 5.69 Å². The molecular weight excluding hydrogens is 312 g/mol. The number of likely N-dealkylation sites (N-methyl/N-ethyl adjacent to an activating group) is 1. The summed E-state index contributed by atoms with van der Waals surface area (Å²) in [5, 5.41) is 8.05. The second-order valence-electron chi connectivity index (χ2n) is 7.18. The molecule has 0 saturated carbocycles. The molecule has 0 spiro atoms. The van der Waals surface area contributed by atoms with E-state index in [4.69, 9.17) is 4.74 Å². The molecule has 0 amide bonds. The Morgan fingerprint density at radius 2 is 2.24 bits per heavy atom. The number of hydrogen-bond acceptors (Lipinski definition) is 4. The van der Waals surface area contributed by atoms with Crippen molar-refractivity contribution in [3.8, 4) is 0 Å². The van der Waals surface area contributed by atoms with Crippen LogP contribution in [0.25, 0.3) is 0 Å². The molecule has 134 valence electrons. The molecule has 1 saturated heterocycles. The molecule has 2 aliphatic heterocycles. The highest BCUT2D eigenvalue weighted by Crippen LogP contribution is 2.34. The van der Waals surface area contributed by atoms with Gasteiger partial charge in [-0.15, -0.1) is 0 Å². The molecule has 2 atom stereocenters. The Hall–Kier alpha value is -1.85. The summed E-state index contributed by atoms with van der Waals surface area (Å²) in [6.45, 7) is 6.91. The molecular formula is C20H28N4O. The van der Waals surface area contributed by atoms with Gasteiger partial charge < -0.3 is 15.0 Å². The maximum Gasteiger partial charge on any atom is 0.103 e. The molecule has 5 heteroatoms. The Morgan fingerprint density at radius 3 is 3.12 bits per heavy atom. The van der Waals surface area contributed by atoms with Crippen LogP contribution >= 0.6 is 0 Å². The fourth-order valence-electron chi connectivity index (χ4n) is 4.15. The standard InChI is InChI=1S/C20H28N4O/c1-3-24-19(6-9-22-24)20-17(8-11-25-20)14-21-13-15-4-5-18-16(12-15)7-10-23(18)2/h4-6,9,12,17,20-21H,3,7-8,10-11,13-14H2,1-2H3/t17-,20+/m0/s1. The molecule has 1 aromatic heterocycles. The number of aryl methyl sites for hydroxylation is 1. The highest BCUT2D eigenvalue weighted by Gasteiger charge is 2.31. The molecule has 0 radical (unpaired) electrons. The predicted molar refractivity (Wildman–Crippen MR) is 99.8 cm³/mol. The Morgan fingerprint density at radius 1 is 1.32 bits per heavy atom. The van der Waals surface area contributed by atoms with Crippen molar-refractivity contribution in [1.82, 2.24) is 15.1 Å². The molecule has 5 nitrogen and oxygen atoms in total. The van der Waals surface area contributed by atoms with Gasteiger partial charge in [0.25, 0.3) is 0 Å². The van der Waals surface area contributed by atoms with Crippen LogP contribution in [0.3, 0.4) is 0 Å². The number of benzene rings is 1. The van der Waals surface area contributed by atoms with Gasteiger partial charge in [0.15, 0.2) is 0 Å². The SMILES string of the molecule is CCn1nccc1[C@@H]1OCC[C@H]1CNCc1ccc2c(c1)CCN2C. The van der Waals surface area contributed by atoms with Crippen molar-refractivity contribution >= 4 is 5.69 Å². The Kier molecular flexibility index (Phi) is 4.77. The lowest BCUT2D eigenvalue weighted by Crippen LogP contribution is -2.25. The molecule has 0 aliphatic carbocycles. The summed E-state index contributed by atoms with van der Waals surface area (Å²) in [6, 6.07) is 8.98. The van der Waals surface area contributed by atoms with Gasteiger partial charge >= 0.3 is 0 Å². The summed E-state index contributed by atoms with van der Waals surface area (Å²) >= 11 is 0. The number of nitrogens with zero attached hydrogens (tertiary/aromatic N) is 3. The van der Waals surface area contributed by atoms with Gasteiger partial charge in [0.2, 0.25) is 0 Å². The lowest BCUT2D eigenvalue weighted by atomic mass is 9.98. The maximum atomic E-state index is 6.02. The van der Waals surface area contributed by atoms with E-state index >= 15 is 0 Å². The smallest absolute Gasteiger partial charge is 0.103 e. The van der Waals surface area contributed by atoms with Crippen molar-refractivity contribution in [1.29, 1.82) is 0 Å². The van der Waals surface area contributed by atoms with E-state index in [2.05, 4.69) is 58.2 Å². The van der Waals surface area contributed by atoms with Crippen LogP contribution in [0.2, 0.25) is 0 Å². The number of nitrogens with one attached hydrogen (secondary N) is 1. The number of rotatable bonds is 6. The first kappa shape index (κ1) is 16.6. The van der Waals surface area contributed by atoms with Crippen molar-refractivity contribution in [2.75, 3.05) is 31.6 Å². The molecule has 3 heterocycles. The van der Waals surface area contributed by atoms with E-state index in [1.165, 1.54) is 28.9 Å². The summed E-state index contributed by atoms with van der Waals surface area (Å²) in [5.74, 6) is 0.516. The fourth-order valence-corrected chi connectivity index (χ4v) is 4.15. The number of aromatic nitrogens is 2. The van der Waals surface area contributed by atoms with Crippen LogP contribution in [-0.2, 0) is 24.2 Å². The highest BCUT2D eigenvalue weighted by molar-refractivity contribution is 5.58. The van der Waals surface area contributed by atoms with Crippen LogP contribution in [0.1, 0.15) is 36.3 Å². The zero-order chi connectivity index (χ0) is 17.2. The van der Waals surface area contributed by atoms with E-state index in [9.17, 15) is 0 Å². The quantitative estimate of drug-likeness (QED) is 0.878. The molecule has 2 aliphatic rings. The van der Waals surface area contributed by atoms with Gasteiger partial charge in [-0.25, -0.2) is 0 Å². The average molecular weight is 340 g/mol. The first-order valence-electron chi connectivity index (χ1n) is 9.43. The lowest BCUT2D eigenvalue weighted by Gasteiger charge is -2.20. The van der Waals surface area contributed by atoms with Crippen molar-refractivity contribution in [2.45, 2.75) is 39.0 Å². The third-order valence-corrected chi connectivity index (χ3v) is 5.56. The highest BCUT2D eigenvalue weighted by atomic mass is 16.5. The molecule has 0 unspecified atom stereocenters. The van der Waals surface area contributed by atoms with Crippen molar-refractivity contribution in [2.24, 2.45) is 5.92 Å². The topological polar surface area (TPSA) is 42.3 Å². The van der Waals surface area contributed by atoms with E-state index in [-0.39, 0.29) is 6.10 Å². The molecule has 1 aromatic carbocycles. The minimum atomic E-state index is 0.170. The third kappa shape index (κ3) is 3.31. The summed E-state index contributed by atoms with van der Waals surface area (Å²) in [6.07, 6.45) is 4.33. The summed E-state index contributed by atoms with van der Waals surface area (Å²) in [5.41, 5.74) is 5.46. The van der Waals surface area contributed by atoms with E-state index in [0.717, 1.165) is 39.2 Å². The number of fused-ring (bicyclic) bond motifs is 1. The summed E-state index contributed by atoms with van der Waals surface area (Å²) in [7, 11) is 2.17. The van der Waals surface area contributed by atoms with Crippen molar-refractivity contribution in [3.63, 3.8) is 0 Å². The second kappa shape index (κ2) is 7.18. The van der Waals surface area contributed by atoms with Crippen LogP contribution in [0.15, 0.2) is 30.5 Å². The van der Waals surface area contributed by atoms with E-state index in [1.54, 1.807) is 0 Å². The Bertz CT molecular complexity index is 726. The maximum absolute atomic E-state index is 6.02. The van der Waals surface area contributed by atoms with Gasteiger partial charge in [0.1, 0.15) is 6.10 Å². The van der Waals surface area contributed by atoms with Crippen LogP contribution in [0.5, 0.6) is 0 Å². The zero-order valence-electron chi connectivity index (χ0n) is 15.2. The summed E-state index contributed by atoms with van der Waals surface area (Å²) < 4.78 is 8.08. The van der Waals surface area contributed by atoms with Gasteiger partial charge in [-0.1, -0.05) is 12.1 Å². The van der Waals surface area contributed by atoms with Crippen molar-refractivity contribution < 1.29 is 4.74 Å². The molecule has 2 aromatic rings. The lowest BCUT2D eigenvalue weighted by molar-refractivity contribution is 0.0830. The fraction of sp³-hybridized carbons (Fsp3) is 0.550. The van der Waals surface area contributed by atoms with E-state index in [0.29, 0.717) is 5.92 Å². The minimum absolute atomic E-state index is 0.170. The first-order chi connectivity index (χ1) is 12.3. The Labute approximate surface area is 150 Å². The molecule has 25 heavy (non-hydrogen) atoms. The predicted octanol–water partition coefficient (Wildman–Crippen LogP) is 2.76. The number of ether oxygens (including phenoxy) is 1. The molecule has 0 bridgehead atoms. The number of anilines is 1. The summed E-state index contributed by atoms with van der Waals surface area (Å²) in [4.78, 5) is 2.34. The van der Waals surface area contributed by atoms with Crippen LogP contribution in [0, 0.1) is 5.92 Å². The van der Waals surface area contributed by atoms with Gasteiger partial charge in [0, 0.05) is 57.6 Å². The van der Waals surface area contributed by atoms with Gasteiger partial charge in [-0.2, -0.15) is 5.10 Å². The minimum Gasteiger partial charge on any atom is -0.374 e. The monoisotopic (exact) mass is 340 g/mol. The molecule has 4 rings (SSSR count). The molecule has 1 N–H and O–H groups in total. The van der Waals surface area contributed by atoms with E-state index in [1.807, 2.05) is 6.20 Å². The van der Waals surface area contributed by atoms with E-state index < -0.39 is 0 Å². The normalized spacial score (nSPS) is 22.6. The average Bonchev–Trinajstić information content (AvgIpc) is 3.34. The van der Waals surface area contributed by atoms with Crippen LogP contribution in [0.4, 0.5) is 5.69 Å².